The highest BCUT2D eigenvalue weighted by Crippen LogP contribution is 2.27. The molecule has 1 aromatic heterocycles. The van der Waals surface area contributed by atoms with E-state index >= 15 is 0 Å². The zero-order valence-corrected chi connectivity index (χ0v) is 11.7. The minimum Gasteiger partial charge on any atom is -0.455 e. The smallest absolute Gasteiger partial charge is 0.455 e. The fourth-order valence-corrected chi connectivity index (χ4v) is 1.61. The number of alkyl halides is 3. The Morgan fingerprint density at radius 3 is 2.50 bits per heavy atom. The zero-order valence-electron chi connectivity index (χ0n) is 10.9. The second-order valence-corrected chi connectivity index (χ2v) is 4.45. The topological polar surface area (TPSA) is 72.8 Å². The van der Waals surface area contributed by atoms with Crippen molar-refractivity contribution in [3.05, 3.63) is 42.2 Å². The molecule has 0 amide bonds. The lowest BCUT2D eigenvalue weighted by molar-refractivity contribution is -0.274. The lowest BCUT2D eigenvalue weighted by Gasteiger charge is -2.08. The molecule has 9 heteroatoms. The largest absolute Gasteiger partial charge is 0.573 e. The molecule has 1 aromatic carbocycles. The monoisotopic (exact) mass is 329 g/mol. The van der Waals surface area contributed by atoms with Crippen molar-refractivity contribution in [2.75, 3.05) is 0 Å². The maximum absolute atomic E-state index is 12.1. The van der Waals surface area contributed by atoms with E-state index in [1.165, 1.54) is 30.5 Å². The summed E-state index contributed by atoms with van der Waals surface area (Å²) in [5.74, 6) is 0.593. The number of ether oxygens (including phenoxy) is 1. The molecule has 116 valence electrons. The van der Waals surface area contributed by atoms with Crippen molar-refractivity contribution in [1.82, 2.24) is 5.43 Å². The number of benzene rings is 1. The Morgan fingerprint density at radius 2 is 1.91 bits per heavy atom. The molecule has 0 spiro atoms. The first kappa shape index (κ1) is 15.8. The third-order valence-electron chi connectivity index (χ3n) is 2.37. The number of nitrogens with one attached hydrogen (secondary N) is 1. The summed E-state index contributed by atoms with van der Waals surface area (Å²) >= 11 is 4.57. The highest BCUT2D eigenvalue weighted by Gasteiger charge is 2.30. The van der Waals surface area contributed by atoms with Crippen molar-refractivity contribution < 1.29 is 22.3 Å². The van der Waals surface area contributed by atoms with E-state index in [9.17, 15) is 13.2 Å². The standard InChI is InChI=1S/C13H10F3N3O2S/c14-13(15,16)21-9-3-1-8(2-4-9)11-6-5-10(20-11)7-18-19-12(17)22/h1-7H,(H3,17,19,22)/b18-7+. The van der Waals surface area contributed by atoms with E-state index in [1.54, 1.807) is 12.1 Å². The summed E-state index contributed by atoms with van der Waals surface area (Å²) in [7, 11) is 0. The van der Waals surface area contributed by atoms with Gasteiger partial charge >= 0.3 is 6.36 Å². The predicted octanol–water partition coefficient (Wildman–Crippen LogP) is 3.01. The lowest BCUT2D eigenvalue weighted by atomic mass is 10.2. The van der Waals surface area contributed by atoms with E-state index in [4.69, 9.17) is 10.2 Å². The summed E-state index contributed by atoms with van der Waals surface area (Å²) in [4.78, 5) is 0. The van der Waals surface area contributed by atoms with Crippen LogP contribution < -0.4 is 15.9 Å². The normalized spacial score (nSPS) is 11.6. The molecule has 0 saturated carbocycles. The van der Waals surface area contributed by atoms with Crippen molar-refractivity contribution in [1.29, 1.82) is 0 Å². The van der Waals surface area contributed by atoms with Crippen LogP contribution in [-0.2, 0) is 0 Å². The molecule has 0 aliphatic heterocycles. The van der Waals surface area contributed by atoms with Crippen LogP contribution >= 0.6 is 12.2 Å². The molecule has 2 rings (SSSR count). The van der Waals surface area contributed by atoms with E-state index < -0.39 is 6.36 Å². The van der Waals surface area contributed by atoms with Crippen LogP contribution in [0.3, 0.4) is 0 Å². The molecule has 0 bridgehead atoms. The van der Waals surface area contributed by atoms with Gasteiger partial charge in [0, 0.05) is 5.56 Å². The van der Waals surface area contributed by atoms with Gasteiger partial charge in [0.05, 0.1) is 6.21 Å². The Morgan fingerprint density at radius 1 is 1.23 bits per heavy atom. The van der Waals surface area contributed by atoms with E-state index in [0.29, 0.717) is 17.1 Å². The van der Waals surface area contributed by atoms with Crippen molar-refractivity contribution in [2.45, 2.75) is 6.36 Å². The van der Waals surface area contributed by atoms with Gasteiger partial charge in [-0.05, 0) is 48.6 Å². The fourth-order valence-electron chi connectivity index (χ4n) is 1.56. The molecule has 1 heterocycles. The highest BCUT2D eigenvalue weighted by atomic mass is 32.1. The number of thiocarbonyl (C=S) groups is 1. The third-order valence-corrected chi connectivity index (χ3v) is 2.46. The molecular formula is C13H10F3N3O2S. The second kappa shape index (κ2) is 6.48. The molecule has 0 aliphatic rings. The Balaban J connectivity index is 2.07. The number of nitrogens with two attached hydrogens (primary N) is 1. The molecule has 2 aromatic rings. The van der Waals surface area contributed by atoms with Crippen LogP contribution in [-0.4, -0.2) is 17.7 Å². The number of nitrogens with zero attached hydrogens (tertiary/aromatic N) is 1. The molecule has 0 aliphatic carbocycles. The number of hydrogen-bond acceptors (Lipinski definition) is 4. The van der Waals surface area contributed by atoms with E-state index in [1.807, 2.05) is 0 Å². The van der Waals surface area contributed by atoms with Crippen molar-refractivity contribution in [2.24, 2.45) is 10.8 Å². The van der Waals surface area contributed by atoms with Crippen molar-refractivity contribution in [3.63, 3.8) is 0 Å². The summed E-state index contributed by atoms with van der Waals surface area (Å²) in [5, 5.41) is 3.74. The highest BCUT2D eigenvalue weighted by molar-refractivity contribution is 7.80. The maximum atomic E-state index is 12.1. The molecule has 3 N–H and O–H groups in total. The fraction of sp³-hybridized carbons (Fsp3) is 0.0769. The molecule has 0 atom stereocenters. The van der Waals surface area contributed by atoms with Gasteiger partial charge in [0.25, 0.3) is 0 Å². The molecule has 5 nitrogen and oxygen atoms in total. The summed E-state index contributed by atoms with van der Waals surface area (Å²) in [6, 6.07) is 8.60. The zero-order chi connectivity index (χ0) is 16.2. The van der Waals surface area contributed by atoms with E-state index in [2.05, 4.69) is 27.5 Å². The van der Waals surface area contributed by atoms with Crippen LogP contribution in [0.25, 0.3) is 11.3 Å². The van der Waals surface area contributed by atoms with Gasteiger partial charge in [0.2, 0.25) is 0 Å². The Bertz CT molecular complexity index is 681. The minimum atomic E-state index is -4.72. The van der Waals surface area contributed by atoms with Crippen LogP contribution in [0.15, 0.2) is 45.9 Å². The number of halogens is 3. The maximum Gasteiger partial charge on any atom is 0.573 e. The van der Waals surface area contributed by atoms with Crippen molar-refractivity contribution >= 4 is 23.5 Å². The van der Waals surface area contributed by atoms with Gasteiger partial charge in [0.1, 0.15) is 17.3 Å². The first-order chi connectivity index (χ1) is 10.3. The number of rotatable bonds is 4. The molecular weight excluding hydrogens is 319 g/mol. The Labute approximate surface area is 128 Å². The Hall–Kier alpha value is -2.55. The van der Waals surface area contributed by atoms with Crippen LogP contribution in [0.2, 0.25) is 0 Å². The van der Waals surface area contributed by atoms with Gasteiger partial charge in [0.15, 0.2) is 5.11 Å². The summed E-state index contributed by atoms with van der Waals surface area (Å²) in [6.45, 7) is 0. The summed E-state index contributed by atoms with van der Waals surface area (Å²) in [6.07, 6.45) is -3.35. The van der Waals surface area contributed by atoms with Gasteiger partial charge in [-0.1, -0.05) is 0 Å². The van der Waals surface area contributed by atoms with E-state index in [-0.39, 0.29) is 10.9 Å². The average molecular weight is 329 g/mol. The lowest BCUT2D eigenvalue weighted by Crippen LogP contribution is -2.23. The first-order valence-electron chi connectivity index (χ1n) is 5.88. The van der Waals surface area contributed by atoms with Gasteiger partial charge in [-0.25, -0.2) is 0 Å². The second-order valence-electron chi connectivity index (χ2n) is 4.01. The first-order valence-corrected chi connectivity index (χ1v) is 6.29. The van der Waals surface area contributed by atoms with Gasteiger partial charge in [-0.2, -0.15) is 5.10 Å². The number of furan rings is 1. The summed E-state index contributed by atoms with van der Waals surface area (Å²) in [5.41, 5.74) is 8.16. The van der Waals surface area contributed by atoms with Crippen LogP contribution in [0.5, 0.6) is 5.75 Å². The molecule has 0 unspecified atom stereocenters. The minimum absolute atomic E-state index is 0.0169. The predicted molar refractivity (Wildman–Crippen MR) is 78.3 cm³/mol. The van der Waals surface area contributed by atoms with Gasteiger partial charge in [-0.15, -0.1) is 13.2 Å². The third kappa shape index (κ3) is 4.77. The number of hydrazone groups is 1. The van der Waals surface area contributed by atoms with Crippen LogP contribution in [0.4, 0.5) is 13.2 Å². The van der Waals surface area contributed by atoms with Crippen LogP contribution in [0.1, 0.15) is 5.76 Å². The molecule has 0 radical (unpaired) electrons. The number of hydrogen-bond donors (Lipinski definition) is 2. The van der Waals surface area contributed by atoms with E-state index in [0.717, 1.165) is 0 Å². The van der Waals surface area contributed by atoms with Gasteiger partial charge in [-0.3, -0.25) is 5.43 Å². The van der Waals surface area contributed by atoms with Gasteiger partial charge < -0.3 is 14.9 Å². The van der Waals surface area contributed by atoms with Crippen molar-refractivity contribution in [3.8, 4) is 17.1 Å². The Kier molecular flexibility index (Phi) is 4.66. The van der Waals surface area contributed by atoms with Crippen LogP contribution in [0, 0.1) is 0 Å². The SMILES string of the molecule is NC(=S)N/N=C/c1ccc(-c2ccc(OC(F)(F)F)cc2)o1. The average Bonchev–Trinajstić information content (AvgIpc) is 2.86. The summed E-state index contributed by atoms with van der Waals surface area (Å²) < 4.78 is 45.4. The quantitative estimate of drug-likeness (QED) is 0.512. The molecule has 22 heavy (non-hydrogen) atoms. The molecule has 0 fully saturated rings. The molecule has 0 saturated heterocycles.